The maximum Gasteiger partial charge on any atom is 0.307 e. The Balaban J connectivity index is 1.96. The highest BCUT2D eigenvalue weighted by Gasteiger charge is 2.48. The van der Waals surface area contributed by atoms with Gasteiger partial charge in [0.2, 0.25) is 5.91 Å². The molecule has 1 fully saturated rings. The second-order valence-electron chi connectivity index (χ2n) is 4.44. The van der Waals surface area contributed by atoms with Gasteiger partial charge in [-0.15, -0.1) is 0 Å². The first kappa shape index (κ1) is 12.6. The molecule has 1 amide bonds. The zero-order valence-electron chi connectivity index (χ0n) is 9.74. The van der Waals surface area contributed by atoms with Crippen LogP contribution in [0.1, 0.15) is 18.0 Å². The maximum atomic E-state index is 11.8. The van der Waals surface area contributed by atoms with Crippen LogP contribution in [0.4, 0.5) is 0 Å². The van der Waals surface area contributed by atoms with Crippen LogP contribution in [0.3, 0.4) is 0 Å². The summed E-state index contributed by atoms with van der Waals surface area (Å²) in [5.41, 5.74) is 0.806. The quantitative estimate of drug-likeness (QED) is 0.711. The first-order valence-corrected chi connectivity index (χ1v) is 5.82. The van der Waals surface area contributed by atoms with E-state index in [2.05, 4.69) is 5.32 Å². The molecule has 1 aromatic carbocycles. The van der Waals surface area contributed by atoms with Gasteiger partial charge < -0.3 is 15.5 Å². The number of benzene rings is 1. The number of carbonyl (C=O) groups is 2. The van der Waals surface area contributed by atoms with Gasteiger partial charge in [-0.3, -0.25) is 9.59 Å². The van der Waals surface area contributed by atoms with Gasteiger partial charge in [-0.25, -0.2) is 0 Å². The van der Waals surface area contributed by atoms with E-state index in [0.717, 1.165) is 5.56 Å². The maximum absolute atomic E-state index is 11.8. The van der Waals surface area contributed by atoms with Crippen molar-refractivity contribution in [3.05, 3.63) is 35.9 Å². The van der Waals surface area contributed by atoms with E-state index in [-0.39, 0.29) is 12.5 Å². The van der Waals surface area contributed by atoms with Crippen molar-refractivity contribution in [1.29, 1.82) is 0 Å². The number of hydrogen-bond acceptors (Lipinski definition) is 3. The van der Waals surface area contributed by atoms with Crippen molar-refractivity contribution in [2.24, 2.45) is 11.8 Å². The molecular weight excluding hydrogens is 234 g/mol. The van der Waals surface area contributed by atoms with Crippen LogP contribution in [0.5, 0.6) is 0 Å². The van der Waals surface area contributed by atoms with Gasteiger partial charge in [0.1, 0.15) is 0 Å². The predicted molar refractivity (Wildman–Crippen MR) is 63.6 cm³/mol. The highest BCUT2D eigenvalue weighted by Crippen LogP contribution is 2.39. The third kappa shape index (κ3) is 2.68. The number of carbonyl (C=O) groups excluding carboxylic acids is 1. The highest BCUT2D eigenvalue weighted by molar-refractivity contribution is 5.89. The van der Waals surface area contributed by atoms with Crippen molar-refractivity contribution < 1.29 is 19.8 Å². The van der Waals surface area contributed by atoms with E-state index in [1.807, 2.05) is 30.3 Å². The molecule has 0 unspecified atom stereocenters. The number of nitrogens with one attached hydrogen (secondary N) is 1. The Bertz CT molecular complexity index is 446. The molecular formula is C13H15NO4. The van der Waals surface area contributed by atoms with Crippen molar-refractivity contribution in [3.8, 4) is 0 Å². The van der Waals surface area contributed by atoms with Crippen LogP contribution in [0.25, 0.3) is 0 Å². The third-order valence-corrected chi connectivity index (χ3v) is 3.15. The average Bonchev–Trinajstić information content (AvgIpc) is 3.17. The minimum absolute atomic E-state index is 0.208. The van der Waals surface area contributed by atoms with Crippen LogP contribution in [-0.2, 0) is 9.59 Å². The molecule has 3 atom stereocenters. The van der Waals surface area contributed by atoms with Gasteiger partial charge in [0, 0.05) is 0 Å². The summed E-state index contributed by atoms with van der Waals surface area (Å²) < 4.78 is 0. The third-order valence-electron chi connectivity index (χ3n) is 3.15. The van der Waals surface area contributed by atoms with Crippen LogP contribution >= 0.6 is 0 Å². The Hall–Kier alpha value is -1.88. The lowest BCUT2D eigenvalue weighted by molar-refractivity contribution is -0.140. The van der Waals surface area contributed by atoms with Gasteiger partial charge in [-0.2, -0.15) is 0 Å². The molecule has 2 rings (SSSR count). The molecule has 0 heterocycles. The SMILES string of the molecule is O=C(O)[C@H]1C[C@H]1C(=O)N[C@H](CO)c1ccccc1. The number of aliphatic hydroxyl groups excluding tert-OH is 1. The zero-order chi connectivity index (χ0) is 13.1. The fourth-order valence-electron chi connectivity index (χ4n) is 1.96. The predicted octanol–water partition coefficient (Wildman–Crippen LogP) is 0.557. The number of carboxylic acid groups (broad SMARTS) is 1. The fraction of sp³-hybridized carbons (Fsp3) is 0.385. The molecule has 1 saturated carbocycles. The van der Waals surface area contributed by atoms with Crippen molar-refractivity contribution >= 4 is 11.9 Å². The van der Waals surface area contributed by atoms with E-state index in [0.29, 0.717) is 6.42 Å². The van der Waals surface area contributed by atoms with Crippen LogP contribution in [0.15, 0.2) is 30.3 Å². The lowest BCUT2D eigenvalue weighted by Crippen LogP contribution is -2.32. The summed E-state index contributed by atoms with van der Waals surface area (Å²) in [4.78, 5) is 22.4. The number of rotatable bonds is 5. The van der Waals surface area contributed by atoms with Crippen LogP contribution in [-0.4, -0.2) is 28.7 Å². The first-order chi connectivity index (χ1) is 8.63. The Labute approximate surface area is 104 Å². The van der Waals surface area contributed by atoms with E-state index < -0.39 is 23.8 Å². The molecule has 0 radical (unpaired) electrons. The number of aliphatic carboxylic acids is 1. The molecule has 0 aromatic heterocycles. The molecule has 1 aliphatic rings. The number of hydrogen-bond donors (Lipinski definition) is 3. The Morgan fingerprint density at radius 3 is 2.44 bits per heavy atom. The Morgan fingerprint density at radius 2 is 1.94 bits per heavy atom. The first-order valence-electron chi connectivity index (χ1n) is 5.82. The van der Waals surface area contributed by atoms with Crippen molar-refractivity contribution in [2.45, 2.75) is 12.5 Å². The molecule has 5 heteroatoms. The normalized spacial score (nSPS) is 23.2. The number of aliphatic hydroxyl groups is 1. The Kier molecular flexibility index (Phi) is 3.62. The molecule has 0 aliphatic heterocycles. The van der Waals surface area contributed by atoms with Gasteiger partial charge >= 0.3 is 5.97 Å². The van der Waals surface area contributed by atoms with Gasteiger partial charge in [-0.05, 0) is 12.0 Å². The minimum Gasteiger partial charge on any atom is -0.481 e. The van der Waals surface area contributed by atoms with Crippen molar-refractivity contribution in [1.82, 2.24) is 5.32 Å². The minimum atomic E-state index is -0.935. The van der Waals surface area contributed by atoms with Gasteiger partial charge in [-0.1, -0.05) is 30.3 Å². The number of amides is 1. The molecule has 5 nitrogen and oxygen atoms in total. The topological polar surface area (TPSA) is 86.6 Å². The molecule has 0 saturated heterocycles. The molecule has 1 aliphatic carbocycles. The van der Waals surface area contributed by atoms with Gasteiger partial charge in [0.05, 0.1) is 24.5 Å². The van der Waals surface area contributed by atoms with Crippen LogP contribution in [0, 0.1) is 11.8 Å². The molecule has 0 bridgehead atoms. The zero-order valence-corrected chi connectivity index (χ0v) is 9.74. The second-order valence-corrected chi connectivity index (χ2v) is 4.44. The fourth-order valence-corrected chi connectivity index (χ4v) is 1.96. The molecule has 3 N–H and O–H groups in total. The molecule has 96 valence electrons. The second kappa shape index (κ2) is 5.18. The smallest absolute Gasteiger partial charge is 0.307 e. The summed E-state index contributed by atoms with van der Waals surface area (Å²) in [6.07, 6.45) is 0.383. The number of carboxylic acids is 1. The van der Waals surface area contributed by atoms with E-state index >= 15 is 0 Å². The summed E-state index contributed by atoms with van der Waals surface area (Å²) in [5.74, 6) is -2.26. The summed E-state index contributed by atoms with van der Waals surface area (Å²) in [6.45, 7) is -0.208. The van der Waals surface area contributed by atoms with Crippen LogP contribution in [0.2, 0.25) is 0 Å². The highest BCUT2D eigenvalue weighted by atomic mass is 16.4. The summed E-state index contributed by atoms with van der Waals surface area (Å²) >= 11 is 0. The van der Waals surface area contributed by atoms with Gasteiger partial charge in [0.25, 0.3) is 0 Å². The summed E-state index contributed by atoms with van der Waals surface area (Å²) in [7, 11) is 0. The van der Waals surface area contributed by atoms with Gasteiger partial charge in [0.15, 0.2) is 0 Å². The van der Waals surface area contributed by atoms with Crippen LogP contribution < -0.4 is 5.32 Å². The average molecular weight is 249 g/mol. The van der Waals surface area contributed by atoms with Crippen molar-refractivity contribution in [2.75, 3.05) is 6.61 Å². The van der Waals surface area contributed by atoms with E-state index in [4.69, 9.17) is 5.11 Å². The van der Waals surface area contributed by atoms with Crippen molar-refractivity contribution in [3.63, 3.8) is 0 Å². The molecule has 0 spiro atoms. The van der Waals surface area contributed by atoms with E-state index in [1.165, 1.54) is 0 Å². The molecule has 1 aromatic rings. The standard InChI is InChI=1S/C13H15NO4/c15-7-11(8-4-2-1-3-5-8)14-12(16)9-6-10(9)13(17)18/h1-5,9-11,15H,6-7H2,(H,14,16)(H,17,18)/t9-,10+,11-/m1/s1. The molecule has 18 heavy (non-hydrogen) atoms. The monoisotopic (exact) mass is 249 g/mol. The lowest BCUT2D eigenvalue weighted by Gasteiger charge is -2.16. The summed E-state index contributed by atoms with van der Waals surface area (Å²) in [6, 6.07) is 8.63. The Morgan fingerprint density at radius 1 is 1.28 bits per heavy atom. The lowest BCUT2D eigenvalue weighted by atomic mass is 10.1. The largest absolute Gasteiger partial charge is 0.481 e. The van der Waals surface area contributed by atoms with E-state index in [1.54, 1.807) is 0 Å². The van der Waals surface area contributed by atoms with E-state index in [9.17, 15) is 14.7 Å². The summed E-state index contributed by atoms with van der Waals surface area (Å²) in [5, 5.41) is 20.7.